The molecule has 0 spiro atoms. The van der Waals surface area contributed by atoms with Crippen LogP contribution in [0.25, 0.3) is 0 Å². The minimum absolute atomic E-state index is 0. The van der Waals surface area contributed by atoms with Gasteiger partial charge in [-0.2, -0.15) is 0 Å². The number of rotatable bonds is 9. The maximum Gasteiger partial charge on any atom is 0.213 e. The highest BCUT2D eigenvalue weighted by molar-refractivity contribution is 14.0. The van der Waals surface area contributed by atoms with Crippen molar-refractivity contribution in [3.63, 3.8) is 0 Å². The Bertz CT molecular complexity index is 722. The van der Waals surface area contributed by atoms with E-state index in [4.69, 9.17) is 14.2 Å². The minimum Gasteiger partial charge on any atom is -0.490 e. The van der Waals surface area contributed by atoms with Crippen molar-refractivity contribution in [1.82, 2.24) is 15.6 Å². The average Bonchev–Trinajstić information content (AvgIpc) is 3.27. The van der Waals surface area contributed by atoms with Crippen LogP contribution in [0.2, 0.25) is 0 Å². The number of ether oxygens (including phenoxy) is 3. The summed E-state index contributed by atoms with van der Waals surface area (Å²) in [7, 11) is 1.76. The number of hydrogen-bond donors (Lipinski definition) is 2. The lowest BCUT2D eigenvalue weighted by Gasteiger charge is -2.15. The first-order valence-corrected chi connectivity index (χ1v) is 9.65. The van der Waals surface area contributed by atoms with Crippen molar-refractivity contribution in [2.75, 3.05) is 33.4 Å². The van der Waals surface area contributed by atoms with Crippen LogP contribution in [0.1, 0.15) is 18.4 Å². The van der Waals surface area contributed by atoms with E-state index in [1.807, 2.05) is 42.5 Å². The van der Waals surface area contributed by atoms with Gasteiger partial charge < -0.3 is 24.8 Å². The topological polar surface area (TPSA) is 77.0 Å². The van der Waals surface area contributed by atoms with Crippen molar-refractivity contribution in [3.05, 3.63) is 54.2 Å². The fourth-order valence-corrected chi connectivity index (χ4v) is 2.85. The third-order valence-electron chi connectivity index (χ3n) is 4.35. The summed E-state index contributed by atoms with van der Waals surface area (Å²) in [6.45, 7) is 3.18. The normalized spacial score (nSPS) is 16.0. The summed E-state index contributed by atoms with van der Waals surface area (Å²) < 4.78 is 16.8. The molecule has 0 saturated carbocycles. The van der Waals surface area contributed by atoms with E-state index in [1.165, 1.54) is 0 Å². The zero-order valence-corrected chi connectivity index (χ0v) is 19.0. The molecule has 1 saturated heterocycles. The van der Waals surface area contributed by atoms with Gasteiger partial charge in [0.1, 0.15) is 19.0 Å². The van der Waals surface area contributed by atoms with E-state index in [1.54, 1.807) is 13.2 Å². The molecule has 1 aromatic carbocycles. The number of nitrogens with one attached hydrogen (secondary N) is 2. The van der Waals surface area contributed by atoms with Gasteiger partial charge in [0, 0.05) is 39.0 Å². The number of aliphatic imine (C=N–C) groups is 1. The van der Waals surface area contributed by atoms with E-state index in [9.17, 15) is 0 Å². The van der Waals surface area contributed by atoms with Gasteiger partial charge >= 0.3 is 0 Å². The molecule has 1 unspecified atom stereocenters. The third kappa shape index (κ3) is 8.45. The molecule has 3 rings (SSSR count). The van der Waals surface area contributed by atoms with Crippen LogP contribution >= 0.6 is 24.0 Å². The molecule has 29 heavy (non-hydrogen) atoms. The van der Waals surface area contributed by atoms with Crippen LogP contribution in [0.15, 0.2) is 53.7 Å². The molecule has 0 amide bonds. The summed E-state index contributed by atoms with van der Waals surface area (Å²) in [5, 5.41) is 6.58. The Morgan fingerprint density at radius 2 is 1.97 bits per heavy atom. The van der Waals surface area contributed by atoms with Gasteiger partial charge in [0.05, 0.1) is 6.10 Å². The molecule has 1 fully saturated rings. The SMILES string of the molecule is CN=C(NCc1ccc(OCCOc2ccccc2)nc1)NCC1CCCO1.I. The van der Waals surface area contributed by atoms with Crippen LogP contribution < -0.4 is 20.1 Å². The zero-order valence-electron chi connectivity index (χ0n) is 16.7. The second-order valence-electron chi connectivity index (χ2n) is 6.46. The van der Waals surface area contributed by atoms with Crippen molar-refractivity contribution in [2.45, 2.75) is 25.5 Å². The van der Waals surface area contributed by atoms with Gasteiger partial charge in [-0.15, -0.1) is 24.0 Å². The number of halogens is 1. The predicted octanol–water partition coefficient (Wildman–Crippen LogP) is 3.00. The predicted molar refractivity (Wildman–Crippen MR) is 124 cm³/mol. The molecular weight excluding hydrogens is 483 g/mol. The first-order chi connectivity index (χ1) is 13.8. The summed E-state index contributed by atoms with van der Waals surface area (Å²) in [5.74, 6) is 2.18. The molecule has 8 heteroatoms. The van der Waals surface area contributed by atoms with E-state index in [2.05, 4.69) is 20.6 Å². The van der Waals surface area contributed by atoms with Crippen molar-refractivity contribution < 1.29 is 14.2 Å². The molecule has 158 valence electrons. The molecule has 1 aliphatic heterocycles. The van der Waals surface area contributed by atoms with Crippen LogP contribution in [0.3, 0.4) is 0 Å². The standard InChI is InChI=1S/C21H28N4O3.HI/c1-22-21(25-16-19-8-5-11-26-19)24-15-17-9-10-20(23-14-17)28-13-12-27-18-6-3-2-4-7-18;/h2-4,6-7,9-10,14,19H,5,8,11-13,15-16H2,1H3,(H2,22,24,25);1H. The van der Waals surface area contributed by atoms with E-state index >= 15 is 0 Å². The lowest BCUT2D eigenvalue weighted by Crippen LogP contribution is -2.40. The van der Waals surface area contributed by atoms with Gasteiger partial charge in [0.2, 0.25) is 5.88 Å². The number of benzene rings is 1. The van der Waals surface area contributed by atoms with E-state index in [-0.39, 0.29) is 30.1 Å². The average molecular weight is 512 g/mol. The van der Waals surface area contributed by atoms with Gasteiger partial charge in [-0.1, -0.05) is 24.3 Å². The Hall–Kier alpha value is -2.07. The van der Waals surface area contributed by atoms with E-state index in [0.717, 1.165) is 43.3 Å². The van der Waals surface area contributed by atoms with Crippen molar-refractivity contribution in [2.24, 2.45) is 4.99 Å². The maximum absolute atomic E-state index is 5.62. The number of para-hydroxylation sites is 1. The van der Waals surface area contributed by atoms with Crippen LogP contribution in [-0.2, 0) is 11.3 Å². The Morgan fingerprint density at radius 3 is 2.66 bits per heavy atom. The van der Waals surface area contributed by atoms with Gasteiger partial charge in [0.25, 0.3) is 0 Å². The Balaban J connectivity index is 0.00000300. The molecule has 1 aliphatic rings. The minimum atomic E-state index is 0. The summed E-state index contributed by atoms with van der Waals surface area (Å²) in [6, 6.07) is 13.5. The van der Waals surface area contributed by atoms with Crippen LogP contribution in [0.5, 0.6) is 11.6 Å². The summed E-state index contributed by atoms with van der Waals surface area (Å²) in [5.41, 5.74) is 1.05. The molecule has 0 radical (unpaired) electrons. The first kappa shape index (κ1) is 23.2. The second kappa shape index (κ2) is 13.2. The maximum atomic E-state index is 5.62. The lowest BCUT2D eigenvalue weighted by molar-refractivity contribution is 0.114. The Labute approximate surface area is 189 Å². The van der Waals surface area contributed by atoms with Gasteiger partial charge in [-0.05, 0) is 30.5 Å². The van der Waals surface area contributed by atoms with Crippen LogP contribution in [0, 0.1) is 0 Å². The van der Waals surface area contributed by atoms with Crippen LogP contribution in [0.4, 0.5) is 0 Å². The quantitative estimate of drug-likeness (QED) is 0.233. The number of hydrogen-bond acceptors (Lipinski definition) is 5. The van der Waals surface area contributed by atoms with Gasteiger partial charge in [0.15, 0.2) is 5.96 Å². The van der Waals surface area contributed by atoms with Crippen molar-refractivity contribution in [1.29, 1.82) is 0 Å². The molecule has 2 N–H and O–H groups in total. The van der Waals surface area contributed by atoms with Gasteiger partial charge in [-0.3, -0.25) is 4.99 Å². The molecule has 1 aromatic heterocycles. The number of pyridine rings is 1. The molecule has 1 atom stereocenters. The third-order valence-corrected chi connectivity index (χ3v) is 4.35. The molecule has 2 heterocycles. The summed E-state index contributed by atoms with van der Waals surface area (Å²) >= 11 is 0. The fraction of sp³-hybridized carbons (Fsp3) is 0.429. The smallest absolute Gasteiger partial charge is 0.213 e. The monoisotopic (exact) mass is 512 g/mol. The Kier molecular flexibility index (Phi) is 10.6. The summed E-state index contributed by atoms with van der Waals surface area (Å²) in [4.78, 5) is 8.57. The van der Waals surface area contributed by atoms with Crippen LogP contribution in [-0.4, -0.2) is 50.5 Å². The molecular formula is C21H29IN4O3. The summed E-state index contributed by atoms with van der Waals surface area (Å²) in [6.07, 6.45) is 4.32. The number of guanidine groups is 1. The van der Waals surface area contributed by atoms with Crippen molar-refractivity contribution >= 4 is 29.9 Å². The second-order valence-corrected chi connectivity index (χ2v) is 6.46. The van der Waals surface area contributed by atoms with Gasteiger partial charge in [-0.25, -0.2) is 4.98 Å². The van der Waals surface area contributed by atoms with E-state index < -0.39 is 0 Å². The largest absolute Gasteiger partial charge is 0.490 e. The Morgan fingerprint density at radius 1 is 1.14 bits per heavy atom. The highest BCUT2D eigenvalue weighted by Gasteiger charge is 2.15. The zero-order chi connectivity index (χ0) is 19.4. The molecule has 0 bridgehead atoms. The fourth-order valence-electron chi connectivity index (χ4n) is 2.85. The molecule has 0 aliphatic carbocycles. The molecule has 2 aromatic rings. The molecule has 7 nitrogen and oxygen atoms in total. The number of nitrogens with zero attached hydrogens (tertiary/aromatic N) is 2. The highest BCUT2D eigenvalue weighted by atomic mass is 127. The highest BCUT2D eigenvalue weighted by Crippen LogP contribution is 2.11. The lowest BCUT2D eigenvalue weighted by atomic mass is 10.2. The first-order valence-electron chi connectivity index (χ1n) is 9.65. The number of aromatic nitrogens is 1. The van der Waals surface area contributed by atoms with E-state index in [0.29, 0.717) is 25.6 Å². The van der Waals surface area contributed by atoms with Crippen molar-refractivity contribution in [3.8, 4) is 11.6 Å².